The average Bonchev–Trinajstić information content (AvgIpc) is 3.28. The van der Waals surface area contributed by atoms with Crippen molar-refractivity contribution in [3.63, 3.8) is 0 Å². The maximum Gasteiger partial charge on any atom is 0.337 e. The van der Waals surface area contributed by atoms with E-state index in [1.54, 1.807) is 18.2 Å². The van der Waals surface area contributed by atoms with Gasteiger partial charge in [-0.3, -0.25) is 0 Å². The van der Waals surface area contributed by atoms with Crippen LogP contribution in [-0.4, -0.2) is 26.3 Å². The highest BCUT2D eigenvalue weighted by atomic mass is 16.5. The van der Waals surface area contributed by atoms with Gasteiger partial charge in [-0.25, -0.2) is 4.79 Å². The van der Waals surface area contributed by atoms with E-state index >= 15 is 0 Å². The van der Waals surface area contributed by atoms with Gasteiger partial charge in [0.1, 0.15) is 24.7 Å². The van der Waals surface area contributed by atoms with Crippen LogP contribution in [0.25, 0.3) is 21.5 Å². The monoisotopic (exact) mass is 817 g/mol. The van der Waals surface area contributed by atoms with Crippen LogP contribution in [0.2, 0.25) is 0 Å². The van der Waals surface area contributed by atoms with Gasteiger partial charge in [-0.05, 0) is 100 Å². The zero-order chi connectivity index (χ0) is 42.0. The lowest BCUT2D eigenvalue weighted by atomic mass is 10.1. The number of unbranched alkanes of at least 4 members (excludes halogenated alkanes) is 18. The number of esters is 1. The highest BCUT2D eigenvalue weighted by molar-refractivity contribution is 5.90. The summed E-state index contributed by atoms with van der Waals surface area (Å²) in [4.78, 5) is 12.4. The molecule has 324 valence electrons. The minimum absolute atomic E-state index is 0.313. The number of carbonyl (C=O) groups is 1. The van der Waals surface area contributed by atoms with Crippen molar-refractivity contribution in [2.24, 2.45) is 0 Å². The second-order valence-corrected chi connectivity index (χ2v) is 16.5. The number of rotatable bonds is 31. The van der Waals surface area contributed by atoms with Crippen molar-refractivity contribution in [2.45, 2.75) is 155 Å². The first-order valence-corrected chi connectivity index (χ1v) is 23.3. The molecule has 0 aromatic heterocycles. The summed E-state index contributed by atoms with van der Waals surface area (Å²) in [5, 5.41) is 4.50. The van der Waals surface area contributed by atoms with E-state index in [1.165, 1.54) is 123 Å². The zero-order valence-corrected chi connectivity index (χ0v) is 37.1. The van der Waals surface area contributed by atoms with Crippen LogP contribution in [0.4, 0.5) is 0 Å². The molecule has 0 saturated heterocycles. The van der Waals surface area contributed by atoms with Crippen molar-refractivity contribution in [3.05, 3.63) is 108 Å². The topological polar surface area (TPSA) is 63.2 Å². The van der Waals surface area contributed by atoms with Crippen molar-refractivity contribution in [2.75, 3.05) is 20.3 Å². The summed E-state index contributed by atoms with van der Waals surface area (Å²) in [5.41, 5.74) is 2.45. The molecular formula is C54H72O6. The highest BCUT2D eigenvalue weighted by Crippen LogP contribution is 2.32. The molecule has 0 aliphatic rings. The Morgan fingerprint density at radius 3 is 1.25 bits per heavy atom. The van der Waals surface area contributed by atoms with Crippen LogP contribution < -0.4 is 18.9 Å². The molecule has 0 bridgehead atoms. The lowest BCUT2D eigenvalue weighted by Crippen LogP contribution is -2.05. The second-order valence-electron chi connectivity index (χ2n) is 16.5. The number of hydrogen-bond donors (Lipinski definition) is 0. The average molecular weight is 817 g/mol. The van der Waals surface area contributed by atoms with Crippen LogP contribution in [0, 0.1) is 0 Å². The normalized spacial score (nSPS) is 11.2. The molecule has 0 aliphatic carbocycles. The highest BCUT2D eigenvalue weighted by Gasteiger charge is 2.14. The number of methoxy groups -OCH3 is 1. The van der Waals surface area contributed by atoms with Crippen LogP contribution in [0.1, 0.15) is 164 Å². The molecular weight excluding hydrogens is 745 g/mol. The van der Waals surface area contributed by atoms with Gasteiger partial charge in [-0.15, -0.1) is 0 Å². The van der Waals surface area contributed by atoms with Crippen LogP contribution in [0.15, 0.2) is 91.0 Å². The Bertz CT molecular complexity index is 1980. The molecule has 0 amide bonds. The van der Waals surface area contributed by atoms with Crippen molar-refractivity contribution < 1.29 is 28.5 Å². The smallest absolute Gasteiger partial charge is 0.337 e. The largest absolute Gasteiger partial charge is 0.494 e. The summed E-state index contributed by atoms with van der Waals surface area (Å²) in [6, 6.07) is 30.4. The Balaban J connectivity index is 1.08. The van der Waals surface area contributed by atoms with Crippen molar-refractivity contribution in [1.82, 2.24) is 0 Å². The Morgan fingerprint density at radius 2 is 0.800 bits per heavy atom. The minimum Gasteiger partial charge on any atom is -0.494 e. The summed E-state index contributed by atoms with van der Waals surface area (Å²) in [6.07, 6.45) is 26.3. The maximum absolute atomic E-state index is 12.4. The Hall–Kier alpha value is -4.71. The molecule has 0 saturated carbocycles. The van der Waals surface area contributed by atoms with Gasteiger partial charge in [-0.2, -0.15) is 0 Å². The number of ether oxygens (including phenoxy) is 5. The van der Waals surface area contributed by atoms with E-state index < -0.39 is 5.97 Å². The summed E-state index contributed by atoms with van der Waals surface area (Å²) < 4.78 is 29.9. The SMILES string of the molecule is CCCCCCCCCCCCOc1ccc2cc(COc3ccc(C(=O)OC)cc3OCc3ccc4cc(OCCCCCCCCCCCC)ccc4c3)ccc2c1. The van der Waals surface area contributed by atoms with Crippen molar-refractivity contribution >= 4 is 27.5 Å². The Morgan fingerprint density at radius 1 is 0.400 bits per heavy atom. The van der Waals surface area contributed by atoms with E-state index in [2.05, 4.69) is 86.6 Å². The fourth-order valence-corrected chi connectivity index (χ4v) is 7.77. The molecule has 5 rings (SSSR count). The summed E-state index contributed by atoms with van der Waals surface area (Å²) >= 11 is 0. The number of carbonyl (C=O) groups excluding carboxylic acids is 1. The fourth-order valence-electron chi connectivity index (χ4n) is 7.77. The van der Waals surface area contributed by atoms with E-state index in [-0.39, 0.29) is 0 Å². The molecule has 0 unspecified atom stereocenters. The first kappa shape index (κ1) is 46.4. The van der Waals surface area contributed by atoms with Gasteiger partial charge in [0.05, 0.1) is 25.9 Å². The predicted molar refractivity (Wildman–Crippen MR) is 249 cm³/mol. The lowest BCUT2D eigenvalue weighted by molar-refractivity contribution is 0.0600. The summed E-state index contributed by atoms with van der Waals surface area (Å²) in [5.74, 6) is 2.44. The third-order valence-electron chi connectivity index (χ3n) is 11.4. The third-order valence-corrected chi connectivity index (χ3v) is 11.4. The predicted octanol–water partition coefficient (Wildman–Crippen LogP) is 15.5. The molecule has 0 radical (unpaired) electrons. The van der Waals surface area contributed by atoms with E-state index in [9.17, 15) is 4.79 Å². The molecule has 5 aromatic rings. The van der Waals surface area contributed by atoms with Gasteiger partial charge in [0.15, 0.2) is 11.5 Å². The van der Waals surface area contributed by atoms with Gasteiger partial charge in [-0.1, -0.05) is 166 Å². The Kier molecular flexibility index (Phi) is 21.0. The molecule has 0 spiro atoms. The molecule has 0 atom stereocenters. The minimum atomic E-state index is -0.426. The molecule has 0 aliphatic heterocycles. The molecule has 5 aromatic carbocycles. The number of fused-ring (bicyclic) bond motifs is 2. The van der Waals surface area contributed by atoms with E-state index in [4.69, 9.17) is 23.7 Å². The van der Waals surface area contributed by atoms with Crippen LogP contribution in [0.3, 0.4) is 0 Å². The molecule has 0 N–H and O–H groups in total. The van der Waals surface area contributed by atoms with Crippen LogP contribution in [0.5, 0.6) is 23.0 Å². The first-order chi connectivity index (χ1) is 29.6. The third kappa shape index (κ3) is 16.4. The van der Waals surface area contributed by atoms with Crippen LogP contribution in [-0.2, 0) is 18.0 Å². The van der Waals surface area contributed by atoms with Gasteiger partial charge in [0.25, 0.3) is 0 Å². The maximum atomic E-state index is 12.4. The molecule has 6 nitrogen and oxygen atoms in total. The van der Waals surface area contributed by atoms with E-state index in [0.29, 0.717) is 30.3 Å². The molecule has 0 heterocycles. The second kappa shape index (κ2) is 27.2. The number of hydrogen-bond acceptors (Lipinski definition) is 6. The molecule has 60 heavy (non-hydrogen) atoms. The lowest BCUT2D eigenvalue weighted by Gasteiger charge is -2.15. The molecule has 6 heteroatoms. The summed E-state index contributed by atoms with van der Waals surface area (Å²) in [7, 11) is 1.38. The standard InChI is InChI=1S/C54H72O6/c1-4-6-8-10-12-14-16-18-20-22-34-57-50-31-28-45-36-43(24-26-47(45)38-50)41-59-52-33-30-49(54(55)56-3)40-53(52)60-42-44-25-27-48-39-51(32-29-46(48)37-44)58-35-23-21-19-17-15-13-11-9-7-5-2/h24-33,36-40H,4-23,34-35,41-42H2,1-3H3. The number of benzene rings is 5. The van der Waals surface area contributed by atoms with Gasteiger partial charge < -0.3 is 23.7 Å². The van der Waals surface area contributed by atoms with Gasteiger partial charge in [0, 0.05) is 0 Å². The quantitative estimate of drug-likeness (QED) is 0.0328. The zero-order valence-electron chi connectivity index (χ0n) is 37.1. The van der Waals surface area contributed by atoms with Crippen molar-refractivity contribution in [3.8, 4) is 23.0 Å². The van der Waals surface area contributed by atoms with Crippen LogP contribution >= 0.6 is 0 Å². The fraction of sp³-hybridized carbons (Fsp3) is 0.500. The van der Waals surface area contributed by atoms with Gasteiger partial charge in [0.2, 0.25) is 0 Å². The molecule has 0 fully saturated rings. The van der Waals surface area contributed by atoms with E-state index in [0.717, 1.165) is 70.2 Å². The first-order valence-electron chi connectivity index (χ1n) is 23.3. The van der Waals surface area contributed by atoms with Gasteiger partial charge >= 0.3 is 5.97 Å². The van der Waals surface area contributed by atoms with E-state index in [1.807, 2.05) is 0 Å². The summed E-state index contributed by atoms with van der Waals surface area (Å²) in [6.45, 7) is 6.71. The Labute approximate surface area is 361 Å². The van der Waals surface area contributed by atoms with Crippen molar-refractivity contribution in [1.29, 1.82) is 0 Å².